The molecule has 0 unspecified atom stereocenters. The molecule has 0 atom stereocenters. The van der Waals surface area contributed by atoms with Crippen LogP contribution < -0.4 is 0 Å². The van der Waals surface area contributed by atoms with Gasteiger partial charge in [-0.05, 0) is 24.3 Å². The zero-order valence-corrected chi connectivity index (χ0v) is 33.8. The topological polar surface area (TPSA) is 236 Å². The van der Waals surface area contributed by atoms with Gasteiger partial charge in [-0.1, -0.05) is 133 Å². The maximum atomic E-state index is 8.25. The molecule has 0 amide bonds. The minimum absolute atomic E-state index is 0. The molecule has 0 aliphatic carbocycles. The molecule has 57 heavy (non-hydrogen) atoms. The van der Waals surface area contributed by atoms with E-state index in [-0.39, 0.29) is 27.3 Å². The molecular formula is C40H28CdN10O6. The van der Waals surface area contributed by atoms with Gasteiger partial charge in [0.2, 0.25) is 11.6 Å². The second kappa shape index (κ2) is 22.0. The number of hydrogen-bond acceptors (Lipinski definition) is 14. The maximum Gasteiger partial charge on any atom is 2.00 e. The Balaban J connectivity index is 0.000000210. The number of benzene rings is 4. The first-order chi connectivity index (χ1) is 27.3. The zero-order chi connectivity index (χ0) is 39.5. The van der Waals surface area contributed by atoms with Crippen LogP contribution >= 0.6 is 0 Å². The molecule has 0 aliphatic rings. The van der Waals surface area contributed by atoms with E-state index < -0.39 is 10.2 Å². The van der Waals surface area contributed by atoms with Crippen LogP contribution in [0.1, 0.15) is 0 Å². The fourth-order valence-electron chi connectivity index (χ4n) is 5.03. The SMILES string of the molecule is O=[N+]([O-])[O-].O=[N+]([O-])[O-].[Cd+2].c1ccc(-c2nnc(-c3ccccn3)nc2-c2ccccc2)cc1.c1ccc(-c2nnc(-c3ccccn3)nc2-c2ccccc2)cc1. The second-order valence-electron chi connectivity index (χ2n) is 11.0. The monoisotopic (exact) mass is 858 g/mol. The minimum atomic E-state index is -1.75. The maximum absolute atomic E-state index is 8.25. The van der Waals surface area contributed by atoms with E-state index in [9.17, 15) is 0 Å². The Morgan fingerprint density at radius 3 is 0.877 bits per heavy atom. The summed E-state index contributed by atoms with van der Waals surface area (Å²) in [6.45, 7) is 0. The van der Waals surface area contributed by atoms with E-state index in [0.29, 0.717) is 23.0 Å². The first-order valence-corrected chi connectivity index (χ1v) is 16.5. The van der Waals surface area contributed by atoms with Crippen LogP contribution in [0.5, 0.6) is 0 Å². The summed E-state index contributed by atoms with van der Waals surface area (Å²) >= 11 is 0. The Labute approximate surface area is 345 Å². The van der Waals surface area contributed by atoms with Crippen molar-refractivity contribution in [1.82, 2.24) is 40.3 Å². The van der Waals surface area contributed by atoms with E-state index in [1.165, 1.54) is 0 Å². The van der Waals surface area contributed by atoms with Crippen molar-refractivity contribution in [2.24, 2.45) is 0 Å². The molecule has 0 radical (unpaired) electrons. The number of rotatable bonds is 6. The van der Waals surface area contributed by atoms with Crippen molar-refractivity contribution in [3.8, 4) is 68.1 Å². The van der Waals surface area contributed by atoms with Crippen LogP contribution in [0.2, 0.25) is 0 Å². The summed E-state index contributed by atoms with van der Waals surface area (Å²) in [6.07, 6.45) is 3.46. The number of pyridine rings is 2. The molecule has 4 heterocycles. The molecule has 0 N–H and O–H groups in total. The van der Waals surface area contributed by atoms with Crippen molar-refractivity contribution in [2.45, 2.75) is 0 Å². The average molecular weight is 857 g/mol. The zero-order valence-electron chi connectivity index (χ0n) is 29.8. The summed E-state index contributed by atoms with van der Waals surface area (Å²) in [5, 5.41) is 47.0. The Hall–Kier alpha value is -7.48. The van der Waals surface area contributed by atoms with E-state index in [4.69, 9.17) is 40.6 Å². The van der Waals surface area contributed by atoms with E-state index in [1.807, 2.05) is 158 Å². The summed E-state index contributed by atoms with van der Waals surface area (Å²) in [5.74, 6) is 1.04. The smallest absolute Gasteiger partial charge is 0.356 e. The van der Waals surface area contributed by atoms with E-state index in [2.05, 4.69) is 30.4 Å². The quantitative estimate of drug-likeness (QED) is 0.0874. The Morgan fingerprint density at radius 2 is 0.614 bits per heavy atom. The summed E-state index contributed by atoms with van der Waals surface area (Å²) in [6, 6.07) is 51.3. The Bertz CT molecular complexity index is 2260. The van der Waals surface area contributed by atoms with Crippen LogP contribution in [0.3, 0.4) is 0 Å². The van der Waals surface area contributed by atoms with Crippen molar-refractivity contribution in [2.75, 3.05) is 0 Å². The molecule has 0 saturated heterocycles. The van der Waals surface area contributed by atoms with Crippen molar-refractivity contribution >= 4 is 0 Å². The van der Waals surface area contributed by atoms with Gasteiger partial charge in [-0.3, -0.25) is 9.97 Å². The molecule has 276 valence electrons. The summed E-state index contributed by atoms with van der Waals surface area (Å²) < 4.78 is 0. The van der Waals surface area contributed by atoms with E-state index in [1.54, 1.807) is 12.4 Å². The molecule has 0 aliphatic heterocycles. The fourth-order valence-corrected chi connectivity index (χ4v) is 5.03. The summed E-state index contributed by atoms with van der Waals surface area (Å²) in [5.41, 5.74) is 8.54. The molecule has 8 aromatic rings. The Kier molecular flexibility index (Phi) is 16.3. The third-order valence-corrected chi connectivity index (χ3v) is 7.35. The molecule has 0 spiro atoms. The predicted octanol–water partition coefficient (Wildman–Crippen LogP) is 8.05. The molecule has 16 nitrogen and oxygen atoms in total. The first-order valence-electron chi connectivity index (χ1n) is 16.5. The van der Waals surface area contributed by atoms with Gasteiger partial charge >= 0.3 is 27.3 Å². The van der Waals surface area contributed by atoms with Gasteiger partial charge in [-0.25, -0.2) is 9.97 Å². The van der Waals surface area contributed by atoms with Crippen LogP contribution in [-0.4, -0.2) is 50.5 Å². The predicted molar refractivity (Wildman–Crippen MR) is 209 cm³/mol. The van der Waals surface area contributed by atoms with Gasteiger partial charge < -0.3 is 30.6 Å². The third-order valence-electron chi connectivity index (χ3n) is 7.35. The van der Waals surface area contributed by atoms with Gasteiger partial charge in [0.1, 0.15) is 34.2 Å². The van der Waals surface area contributed by atoms with Crippen LogP contribution in [0, 0.1) is 30.6 Å². The van der Waals surface area contributed by atoms with Crippen LogP contribution in [-0.2, 0) is 27.3 Å². The molecule has 0 saturated carbocycles. The van der Waals surface area contributed by atoms with E-state index in [0.717, 1.165) is 45.0 Å². The van der Waals surface area contributed by atoms with Crippen molar-refractivity contribution in [3.63, 3.8) is 0 Å². The first kappa shape index (κ1) is 42.3. The van der Waals surface area contributed by atoms with Crippen LogP contribution in [0.15, 0.2) is 170 Å². The van der Waals surface area contributed by atoms with E-state index >= 15 is 0 Å². The number of aromatic nitrogens is 8. The molecule has 17 heteroatoms. The summed E-state index contributed by atoms with van der Waals surface area (Å²) in [4.78, 5) is 34.6. The van der Waals surface area contributed by atoms with Gasteiger partial charge in [-0.2, -0.15) is 0 Å². The van der Waals surface area contributed by atoms with Gasteiger partial charge in [0, 0.05) is 34.6 Å². The van der Waals surface area contributed by atoms with Crippen LogP contribution in [0.4, 0.5) is 0 Å². The molecule has 4 aromatic heterocycles. The second-order valence-corrected chi connectivity index (χ2v) is 11.0. The Morgan fingerprint density at radius 1 is 0.351 bits per heavy atom. The van der Waals surface area contributed by atoms with Crippen molar-refractivity contribution < 1.29 is 37.5 Å². The number of hydrogen-bond donors (Lipinski definition) is 0. The van der Waals surface area contributed by atoms with Crippen molar-refractivity contribution in [3.05, 3.63) is 201 Å². The van der Waals surface area contributed by atoms with Gasteiger partial charge in [0.05, 0.1) is 10.2 Å². The van der Waals surface area contributed by atoms with Crippen LogP contribution in [0.25, 0.3) is 68.1 Å². The van der Waals surface area contributed by atoms with Gasteiger partial charge in [-0.15, -0.1) is 20.4 Å². The molecule has 0 fully saturated rings. The summed E-state index contributed by atoms with van der Waals surface area (Å²) in [7, 11) is 0. The molecule has 8 rings (SSSR count). The fraction of sp³-hybridized carbons (Fsp3) is 0. The van der Waals surface area contributed by atoms with Gasteiger partial charge in [0.15, 0.2) is 0 Å². The average Bonchev–Trinajstić information content (AvgIpc) is 3.25. The standard InChI is InChI=1S/2C20H14N4.Cd.2NO3/c2*1-3-9-15(10-4-1)18-19(16-11-5-2-6-12-16)23-24-20(22-18)17-13-7-8-14-21-17;;2*2-1(3)4/h2*1-14H;;;/q;;+2;2*-1. The molecule has 0 bridgehead atoms. The molecular weight excluding hydrogens is 829 g/mol. The largest absolute Gasteiger partial charge is 2.00 e. The minimum Gasteiger partial charge on any atom is -0.356 e. The van der Waals surface area contributed by atoms with Gasteiger partial charge in [0.25, 0.3) is 0 Å². The van der Waals surface area contributed by atoms with Crippen molar-refractivity contribution in [1.29, 1.82) is 0 Å². The number of nitrogens with zero attached hydrogens (tertiary/aromatic N) is 10. The molecule has 4 aromatic carbocycles. The normalized spacial score (nSPS) is 9.68. The third kappa shape index (κ3) is 12.8.